The molecule has 4 heteroatoms. The summed E-state index contributed by atoms with van der Waals surface area (Å²) in [4.78, 5) is 11.8. The third-order valence-corrected chi connectivity index (χ3v) is 2.36. The van der Waals surface area contributed by atoms with E-state index in [9.17, 15) is 4.79 Å². The SMILES string of the molecule is C/C=C/CCNC(=O)c1cccc(OC)c1N. The summed E-state index contributed by atoms with van der Waals surface area (Å²) in [5.41, 5.74) is 6.65. The third-order valence-electron chi connectivity index (χ3n) is 2.36. The van der Waals surface area contributed by atoms with Crippen LogP contribution in [0.2, 0.25) is 0 Å². The van der Waals surface area contributed by atoms with Crippen LogP contribution in [0.3, 0.4) is 0 Å². The largest absolute Gasteiger partial charge is 0.495 e. The molecule has 0 saturated carbocycles. The molecule has 0 aliphatic heterocycles. The van der Waals surface area contributed by atoms with Gasteiger partial charge in [0.25, 0.3) is 5.91 Å². The lowest BCUT2D eigenvalue weighted by atomic mass is 10.1. The van der Waals surface area contributed by atoms with Crippen molar-refractivity contribution in [2.75, 3.05) is 19.4 Å². The molecule has 0 aromatic heterocycles. The van der Waals surface area contributed by atoms with E-state index in [1.54, 1.807) is 18.2 Å². The normalized spacial score (nSPS) is 10.5. The molecule has 0 atom stereocenters. The lowest BCUT2D eigenvalue weighted by Gasteiger charge is -2.09. The smallest absolute Gasteiger partial charge is 0.253 e. The van der Waals surface area contributed by atoms with Crippen LogP contribution >= 0.6 is 0 Å². The van der Waals surface area contributed by atoms with Crippen LogP contribution in [-0.4, -0.2) is 19.6 Å². The van der Waals surface area contributed by atoms with Crippen LogP contribution < -0.4 is 15.8 Å². The van der Waals surface area contributed by atoms with Gasteiger partial charge in [0.15, 0.2) is 0 Å². The second-order valence-electron chi connectivity index (χ2n) is 3.54. The Balaban J connectivity index is 2.69. The predicted molar refractivity (Wildman–Crippen MR) is 69.2 cm³/mol. The topological polar surface area (TPSA) is 64.3 Å². The van der Waals surface area contributed by atoms with Crippen molar-refractivity contribution >= 4 is 11.6 Å². The third kappa shape index (κ3) is 3.52. The quantitative estimate of drug-likeness (QED) is 0.465. The number of carbonyl (C=O) groups excluding carboxylic acids is 1. The first kappa shape index (κ1) is 13.1. The van der Waals surface area contributed by atoms with Crippen molar-refractivity contribution in [2.24, 2.45) is 0 Å². The maximum absolute atomic E-state index is 11.8. The number of methoxy groups -OCH3 is 1. The first-order valence-electron chi connectivity index (χ1n) is 5.52. The Morgan fingerprint density at radius 2 is 2.29 bits per heavy atom. The average molecular weight is 234 g/mol. The molecule has 0 spiro atoms. The van der Waals surface area contributed by atoms with E-state index in [4.69, 9.17) is 10.5 Å². The number of amides is 1. The summed E-state index contributed by atoms with van der Waals surface area (Å²) in [6, 6.07) is 5.16. The molecule has 4 nitrogen and oxygen atoms in total. The van der Waals surface area contributed by atoms with E-state index in [1.165, 1.54) is 7.11 Å². The van der Waals surface area contributed by atoms with Gasteiger partial charge in [-0.15, -0.1) is 0 Å². The van der Waals surface area contributed by atoms with Gasteiger partial charge in [-0.3, -0.25) is 4.79 Å². The van der Waals surface area contributed by atoms with Crippen LogP contribution in [0, 0.1) is 0 Å². The summed E-state index contributed by atoms with van der Waals surface area (Å²) in [6.07, 6.45) is 4.76. The molecule has 0 radical (unpaired) electrons. The lowest BCUT2D eigenvalue weighted by molar-refractivity contribution is 0.0955. The van der Waals surface area contributed by atoms with Gasteiger partial charge in [0.1, 0.15) is 5.75 Å². The Hall–Kier alpha value is -1.97. The monoisotopic (exact) mass is 234 g/mol. The zero-order valence-electron chi connectivity index (χ0n) is 10.2. The Morgan fingerprint density at radius 1 is 1.53 bits per heavy atom. The highest BCUT2D eigenvalue weighted by molar-refractivity contribution is 6.00. The number of nitrogens with two attached hydrogens (primary N) is 1. The van der Waals surface area contributed by atoms with Crippen LogP contribution in [0.25, 0.3) is 0 Å². The Labute approximate surface area is 101 Å². The van der Waals surface area contributed by atoms with Gasteiger partial charge in [0.05, 0.1) is 18.4 Å². The highest BCUT2D eigenvalue weighted by Crippen LogP contribution is 2.24. The molecule has 1 amide bonds. The summed E-state index contributed by atoms with van der Waals surface area (Å²) in [6.45, 7) is 2.54. The molecule has 0 heterocycles. The summed E-state index contributed by atoms with van der Waals surface area (Å²) in [7, 11) is 1.53. The number of carbonyl (C=O) groups is 1. The van der Waals surface area contributed by atoms with E-state index in [0.717, 1.165) is 6.42 Å². The Morgan fingerprint density at radius 3 is 2.94 bits per heavy atom. The van der Waals surface area contributed by atoms with Crippen molar-refractivity contribution < 1.29 is 9.53 Å². The average Bonchev–Trinajstić information content (AvgIpc) is 2.34. The van der Waals surface area contributed by atoms with Gasteiger partial charge in [-0.05, 0) is 25.5 Å². The molecular formula is C13H18N2O2. The van der Waals surface area contributed by atoms with E-state index >= 15 is 0 Å². The first-order valence-corrected chi connectivity index (χ1v) is 5.52. The fraction of sp³-hybridized carbons (Fsp3) is 0.308. The van der Waals surface area contributed by atoms with Gasteiger partial charge in [-0.1, -0.05) is 18.2 Å². The van der Waals surface area contributed by atoms with Crippen molar-refractivity contribution in [1.82, 2.24) is 5.32 Å². The Bertz CT molecular complexity index is 414. The maximum Gasteiger partial charge on any atom is 0.253 e. The molecule has 0 unspecified atom stereocenters. The van der Waals surface area contributed by atoms with Crippen LogP contribution in [-0.2, 0) is 0 Å². The van der Waals surface area contributed by atoms with Crippen molar-refractivity contribution in [3.63, 3.8) is 0 Å². The van der Waals surface area contributed by atoms with Gasteiger partial charge in [0.2, 0.25) is 0 Å². The number of nitrogen functional groups attached to an aromatic ring is 1. The van der Waals surface area contributed by atoms with Gasteiger partial charge in [-0.25, -0.2) is 0 Å². The second kappa shape index (κ2) is 6.58. The van der Waals surface area contributed by atoms with Crippen molar-refractivity contribution in [3.05, 3.63) is 35.9 Å². The molecular weight excluding hydrogens is 216 g/mol. The molecule has 17 heavy (non-hydrogen) atoms. The van der Waals surface area contributed by atoms with Gasteiger partial charge < -0.3 is 15.8 Å². The number of rotatable bonds is 5. The minimum absolute atomic E-state index is 0.175. The molecule has 92 valence electrons. The molecule has 1 rings (SSSR count). The van der Waals surface area contributed by atoms with Crippen molar-refractivity contribution in [3.8, 4) is 5.75 Å². The molecule has 0 bridgehead atoms. The summed E-state index contributed by atoms with van der Waals surface area (Å²) < 4.78 is 5.06. The molecule has 0 saturated heterocycles. The zero-order chi connectivity index (χ0) is 12.7. The number of anilines is 1. The number of nitrogens with one attached hydrogen (secondary N) is 1. The van der Waals surface area contributed by atoms with E-state index in [-0.39, 0.29) is 5.91 Å². The summed E-state index contributed by atoms with van der Waals surface area (Å²) in [5.74, 6) is 0.344. The van der Waals surface area contributed by atoms with Crippen molar-refractivity contribution in [2.45, 2.75) is 13.3 Å². The molecule has 1 aromatic carbocycles. The number of ether oxygens (including phenoxy) is 1. The predicted octanol–water partition coefficient (Wildman–Crippen LogP) is 1.97. The fourth-order valence-corrected chi connectivity index (χ4v) is 1.45. The maximum atomic E-state index is 11.8. The number of hydrogen-bond donors (Lipinski definition) is 2. The molecule has 3 N–H and O–H groups in total. The number of benzene rings is 1. The number of hydrogen-bond acceptors (Lipinski definition) is 3. The summed E-state index contributed by atoms with van der Waals surface area (Å²) in [5, 5.41) is 2.80. The standard InChI is InChI=1S/C13H18N2O2/c1-3-4-5-9-15-13(16)10-7-6-8-11(17-2)12(10)14/h3-4,6-8H,5,9,14H2,1-2H3,(H,15,16)/b4-3+. The fourth-order valence-electron chi connectivity index (χ4n) is 1.45. The van der Waals surface area contributed by atoms with E-state index in [2.05, 4.69) is 5.32 Å². The van der Waals surface area contributed by atoms with Crippen LogP contribution in [0.15, 0.2) is 30.4 Å². The highest BCUT2D eigenvalue weighted by Gasteiger charge is 2.11. The lowest BCUT2D eigenvalue weighted by Crippen LogP contribution is -2.25. The molecule has 0 aliphatic carbocycles. The van der Waals surface area contributed by atoms with Crippen LogP contribution in [0.4, 0.5) is 5.69 Å². The van der Waals surface area contributed by atoms with Gasteiger partial charge in [0, 0.05) is 6.54 Å². The molecule has 0 fully saturated rings. The number of allylic oxidation sites excluding steroid dienone is 1. The van der Waals surface area contributed by atoms with E-state index in [1.807, 2.05) is 19.1 Å². The van der Waals surface area contributed by atoms with Gasteiger partial charge in [-0.2, -0.15) is 0 Å². The zero-order valence-corrected chi connectivity index (χ0v) is 10.2. The van der Waals surface area contributed by atoms with E-state index < -0.39 is 0 Å². The number of para-hydroxylation sites is 1. The first-order chi connectivity index (χ1) is 8.20. The highest BCUT2D eigenvalue weighted by atomic mass is 16.5. The minimum atomic E-state index is -0.175. The minimum Gasteiger partial charge on any atom is -0.495 e. The van der Waals surface area contributed by atoms with Crippen molar-refractivity contribution in [1.29, 1.82) is 0 Å². The van der Waals surface area contributed by atoms with E-state index in [0.29, 0.717) is 23.5 Å². The van der Waals surface area contributed by atoms with Gasteiger partial charge >= 0.3 is 0 Å². The molecule has 0 aliphatic rings. The van der Waals surface area contributed by atoms with Crippen LogP contribution in [0.5, 0.6) is 5.75 Å². The summed E-state index contributed by atoms with van der Waals surface area (Å²) >= 11 is 0. The second-order valence-corrected chi connectivity index (χ2v) is 3.54. The Kier molecular flexibility index (Phi) is 5.07. The molecule has 1 aromatic rings. The van der Waals surface area contributed by atoms with Crippen LogP contribution in [0.1, 0.15) is 23.7 Å².